The summed E-state index contributed by atoms with van der Waals surface area (Å²) in [5, 5.41) is 5.48. The second-order valence-corrected chi connectivity index (χ2v) is 18.0. The highest BCUT2D eigenvalue weighted by molar-refractivity contribution is 5.88. The van der Waals surface area contributed by atoms with Crippen LogP contribution in [-0.4, -0.2) is 100 Å². The highest BCUT2D eigenvalue weighted by Crippen LogP contribution is 2.45. The number of imidazole rings is 2. The fourth-order valence-electron chi connectivity index (χ4n) is 9.18. The zero-order chi connectivity index (χ0) is 48.1. The van der Waals surface area contributed by atoms with Crippen LogP contribution in [0.25, 0.3) is 33.6 Å². The zero-order valence-electron chi connectivity index (χ0n) is 40.2. The molecule has 2 aromatic heterocycles. The second-order valence-electron chi connectivity index (χ2n) is 18.0. The van der Waals surface area contributed by atoms with Gasteiger partial charge in [-0.25, -0.2) is 19.6 Å². The Morgan fingerprint density at radius 3 is 2.21 bits per heavy atom. The molecular formula is C51H64N8O8. The number of aromatic amines is 2. The molecule has 6 atom stereocenters. The van der Waals surface area contributed by atoms with Crippen LogP contribution in [0, 0.1) is 11.8 Å². The number of nitrogens with one attached hydrogen (secondary N) is 4. The first-order valence-corrected chi connectivity index (χ1v) is 23.1. The third kappa shape index (κ3) is 10.2. The molecule has 0 spiro atoms. The minimum Gasteiger partial charge on any atom is -0.488 e. The molecule has 1 unspecified atom stereocenters. The summed E-state index contributed by atoms with van der Waals surface area (Å²) in [6.45, 7) is 14.9. The Balaban J connectivity index is 1.14. The lowest BCUT2D eigenvalue weighted by atomic mass is 9.86. The molecule has 67 heavy (non-hydrogen) atoms. The molecule has 2 aliphatic rings. The standard InChI is InChI=1S/C51H64N8O8/c1-11-30(5)59(49(61)43(28(2)3)56-50(62)65-9)32(7)46-52-24-41(54-46)35-17-19-37-36(21-35)27-67-42-23-38-34(22-39(37)42)18-20-40-45(38)55-47(53-40)31(6)58(25-29(4)26-64-8)48(60)44(57-51(63)66-10)33-15-13-12-14-16-33/h12-17,19,21-24,28-32,43-44H,11,18,20,25-27H2,1-10H3,(H,52,54)(H,53,55)(H,56,62)(H,57,63)/t29?,30-,31-,32-,43-,44+/m0/s1. The number of ether oxygens (including phenoxy) is 4. The molecule has 0 bridgehead atoms. The number of rotatable bonds is 17. The van der Waals surface area contributed by atoms with E-state index in [0.717, 1.165) is 75.5 Å². The maximum atomic E-state index is 14.6. The number of amides is 4. The summed E-state index contributed by atoms with van der Waals surface area (Å²) in [5.74, 6) is 1.38. The first-order chi connectivity index (χ1) is 32.2. The smallest absolute Gasteiger partial charge is 0.407 e. The largest absolute Gasteiger partial charge is 0.488 e. The van der Waals surface area contributed by atoms with Crippen molar-refractivity contribution in [1.29, 1.82) is 0 Å². The summed E-state index contributed by atoms with van der Waals surface area (Å²) >= 11 is 0. The van der Waals surface area contributed by atoms with Crippen molar-refractivity contribution in [3.63, 3.8) is 0 Å². The Morgan fingerprint density at radius 1 is 0.791 bits per heavy atom. The lowest BCUT2D eigenvalue weighted by Crippen LogP contribution is -2.54. The van der Waals surface area contributed by atoms with E-state index >= 15 is 0 Å². The number of aryl methyl sites for hydroxylation is 2. The molecule has 0 saturated heterocycles. The van der Waals surface area contributed by atoms with E-state index in [-0.39, 0.29) is 29.7 Å². The van der Waals surface area contributed by atoms with Gasteiger partial charge in [0.1, 0.15) is 36.1 Å². The maximum Gasteiger partial charge on any atom is 0.407 e. The highest BCUT2D eigenvalue weighted by atomic mass is 16.5. The Morgan fingerprint density at radius 2 is 1.52 bits per heavy atom. The molecule has 0 saturated carbocycles. The van der Waals surface area contributed by atoms with Crippen LogP contribution in [0.5, 0.6) is 5.75 Å². The SMILES string of the molecule is CC[C@H](C)N(C(=O)[C@@H](NC(=O)OC)C(C)C)[C@@H](C)c1ncc(-c2ccc3c(c2)COc2cc4c(cc2-3)CCc2[nH]c([C@H](C)N(CC(C)COC)C(=O)[C@H](NC(=O)OC)c3ccccc3)nc2-4)[nH]1. The second kappa shape index (κ2) is 20.9. The summed E-state index contributed by atoms with van der Waals surface area (Å²) in [6, 6.07) is 17.0. The lowest BCUT2D eigenvalue weighted by molar-refractivity contribution is -0.139. The first kappa shape index (κ1) is 48.3. The van der Waals surface area contributed by atoms with Crippen molar-refractivity contribution in [2.75, 3.05) is 34.5 Å². The Hall–Kier alpha value is -6.68. The molecule has 3 heterocycles. The van der Waals surface area contributed by atoms with Crippen LogP contribution < -0.4 is 15.4 Å². The average Bonchev–Trinajstić information content (AvgIpc) is 4.02. The maximum absolute atomic E-state index is 14.6. The van der Waals surface area contributed by atoms with Gasteiger partial charge in [0.2, 0.25) is 5.91 Å². The van der Waals surface area contributed by atoms with Gasteiger partial charge in [0.05, 0.1) is 50.5 Å². The van der Waals surface area contributed by atoms with Gasteiger partial charge in [0, 0.05) is 36.5 Å². The van der Waals surface area contributed by atoms with Crippen molar-refractivity contribution < 1.29 is 38.1 Å². The van der Waals surface area contributed by atoms with E-state index in [1.807, 2.05) is 78.8 Å². The first-order valence-electron chi connectivity index (χ1n) is 23.1. The van der Waals surface area contributed by atoms with Crippen molar-refractivity contribution in [2.24, 2.45) is 11.8 Å². The van der Waals surface area contributed by atoms with Crippen LogP contribution in [0.15, 0.2) is 66.9 Å². The molecule has 1 aliphatic heterocycles. The third-order valence-corrected chi connectivity index (χ3v) is 13.0. The normalized spacial score (nSPS) is 15.2. The third-order valence-electron chi connectivity index (χ3n) is 13.0. The number of fused-ring (bicyclic) bond motifs is 6. The molecule has 7 rings (SSSR count). The van der Waals surface area contributed by atoms with Gasteiger partial charge in [0.15, 0.2) is 0 Å². The number of hydrogen-bond acceptors (Lipinski definition) is 10. The van der Waals surface area contributed by atoms with Crippen LogP contribution in [0.3, 0.4) is 0 Å². The van der Waals surface area contributed by atoms with Gasteiger partial charge in [0.25, 0.3) is 5.91 Å². The highest BCUT2D eigenvalue weighted by Gasteiger charge is 2.37. The van der Waals surface area contributed by atoms with E-state index in [9.17, 15) is 19.2 Å². The Labute approximate surface area is 392 Å². The fraction of sp³-hybridized carbons (Fsp3) is 0.451. The zero-order valence-corrected chi connectivity index (χ0v) is 40.2. The molecule has 4 amide bonds. The van der Waals surface area contributed by atoms with E-state index < -0.39 is 36.4 Å². The lowest BCUT2D eigenvalue weighted by Gasteiger charge is -2.37. The van der Waals surface area contributed by atoms with Gasteiger partial charge in [-0.2, -0.15) is 0 Å². The number of hydrogen-bond donors (Lipinski definition) is 4. The van der Waals surface area contributed by atoms with Gasteiger partial charge in [-0.3, -0.25) is 9.59 Å². The van der Waals surface area contributed by atoms with Crippen LogP contribution >= 0.6 is 0 Å². The van der Waals surface area contributed by atoms with Gasteiger partial charge in [-0.15, -0.1) is 0 Å². The van der Waals surface area contributed by atoms with Gasteiger partial charge in [-0.1, -0.05) is 70.2 Å². The van der Waals surface area contributed by atoms with E-state index in [1.54, 1.807) is 23.1 Å². The topological polar surface area (TPSA) is 193 Å². The van der Waals surface area contributed by atoms with Crippen molar-refractivity contribution in [3.05, 3.63) is 101 Å². The summed E-state index contributed by atoms with van der Waals surface area (Å²) in [6.07, 6.45) is 2.68. The molecule has 1 aliphatic carbocycles. The number of nitrogens with zero attached hydrogens (tertiary/aromatic N) is 4. The van der Waals surface area contributed by atoms with Crippen LogP contribution in [-0.2, 0) is 43.2 Å². The fourth-order valence-corrected chi connectivity index (χ4v) is 9.18. The number of carbonyl (C=O) groups excluding carboxylic acids is 4. The number of methoxy groups -OCH3 is 3. The van der Waals surface area contributed by atoms with Crippen LogP contribution in [0.4, 0.5) is 9.59 Å². The van der Waals surface area contributed by atoms with Crippen LogP contribution in [0.1, 0.15) is 107 Å². The van der Waals surface area contributed by atoms with E-state index in [2.05, 4.69) is 50.9 Å². The monoisotopic (exact) mass is 916 g/mol. The minimum atomic E-state index is -0.982. The molecule has 356 valence electrons. The van der Waals surface area contributed by atoms with Gasteiger partial charge >= 0.3 is 12.2 Å². The molecule has 16 heteroatoms. The molecule has 0 radical (unpaired) electrons. The Bertz CT molecular complexity index is 2570. The molecule has 5 aromatic rings. The predicted molar refractivity (Wildman–Crippen MR) is 254 cm³/mol. The van der Waals surface area contributed by atoms with Gasteiger partial charge in [-0.05, 0) is 97.9 Å². The number of carbonyl (C=O) groups is 4. The summed E-state index contributed by atoms with van der Waals surface area (Å²) in [5.41, 5.74) is 9.47. The number of benzene rings is 3. The summed E-state index contributed by atoms with van der Waals surface area (Å²) < 4.78 is 21.7. The summed E-state index contributed by atoms with van der Waals surface area (Å²) in [7, 11) is 4.20. The average molecular weight is 917 g/mol. The molecule has 4 N–H and O–H groups in total. The van der Waals surface area contributed by atoms with E-state index in [1.165, 1.54) is 14.2 Å². The van der Waals surface area contributed by atoms with Crippen LogP contribution in [0.2, 0.25) is 0 Å². The van der Waals surface area contributed by atoms with Gasteiger partial charge < -0.3 is 49.3 Å². The number of alkyl carbamates (subject to hydrolysis) is 2. The van der Waals surface area contributed by atoms with Crippen molar-refractivity contribution in [3.8, 4) is 39.4 Å². The summed E-state index contributed by atoms with van der Waals surface area (Å²) in [4.78, 5) is 73.8. The Kier molecular flexibility index (Phi) is 15.0. The quantitative estimate of drug-likeness (QED) is 0.0703. The van der Waals surface area contributed by atoms with Crippen molar-refractivity contribution in [1.82, 2.24) is 40.4 Å². The number of H-pyrrole nitrogens is 2. The van der Waals surface area contributed by atoms with E-state index in [0.29, 0.717) is 37.0 Å². The minimum absolute atomic E-state index is 0.0101. The molecule has 3 aromatic carbocycles. The van der Waals surface area contributed by atoms with E-state index in [4.69, 9.17) is 28.9 Å². The van der Waals surface area contributed by atoms with Crippen molar-refractivity contribution >= 4 is 24.0 Å². The molecule has 16 nitrogen and oxygen atoms in total. The predicted octanol–water partition coefficient (Wildman–Crippen LogP) is 8.46. The number of aromatic nitrogens is 4. The van der Waals surface area contributed by atoms with Crippen molar-refractivity contribution in [2.45, 2.75) is 105 Å². The molecule has 0 fully saturated rings. The molecular weight excluding hydrogens is 853 g/mol.